The molecule has 2 unspecified atom stereocenters. The first-order valence-electron chi connectivity index (χ1n) is 13.4. The van der Waals surface area contributed by atoms with Gasteiger partial charge in [-0.25, -0.2) is 14.2 Å². The number of aromatic nitrogens is 2. The van der Waals surface area contributed by atoms with Crippen molar-refractivity contribution in [1.82, 2.24) is 14.5 Å². The van der Waals surface area contributed by atoms with E-state index >= 15 is 4.39 Å². The molecule has 7 rings (SSSR count). The lowest BCUT2D eigenvalue weighted by atomic mass is 9.67. The monoisotopic (exact) mass is 535 g/mol. The highest BCUT2D eigenvalue weighted by Crippen LogP contribution is 2.51. The van der Waals surface area contributed by atoms with Crippen molar-refractivity contribution in [2.24, 2.45) is 0 Å². The number of aliphatic hydroxyl groups is 2. The van der Waals surface area contributed by atoms with Crippen LogP contribution in [0.2, 0.25) is 0 Å². The van der Waals surface area contributed by atoms with Gasteiger partial charge in [0, 0.05) is 41.1 Å². The summed E-state index contributed by atoms with van der Waals surface area (Å²) in [7, 11) is 0. The van der Waals surface area contributed by atoms with E-state index in [0.29, 0.717) is 54.8 Å². The van der Waals surface area contributed by atoms with Crippen LogP contribution in [0.1, 0.15) is 66.2 Å². The number of aryl methyl sites for hydroxylation is 1. The SMILES string of the molecule is CC.Cc1c(F)cc2nc3c(c4c2c1CCC41CCN(C(=O)CO)C1)Cn1c-3cc2c(c1=O)COC(=O)C2O. The number of nitrogens with zero attached hydrogens (tertiary/aromatic N) is 3. The second-order valence-electron chi connectivity index (χ2n) is 10.5. The summed E-state index contributed by atoms with van der Waals surface area (Å²) in [5.74, 6) is -1.48. The Morgan fingerprint density at radius 2 is 1.97 bits per heavy atom. The summed E-state index contributed by atoms with van der Waals surface area (Å²) in [6.07, 6.45) is 0.467. The minimum atomic E-state index is -1.56. The summed E-state index contributed by atoms with van der Waals surface area (Å²) in [4.78, 5) is 44.4. The van der Waals surface area contributed by atoms with Crippen LogP contribution < -0.4 is 5.56 Å². The number of hydrogen-bond donors (Lipinski definition) is 2. The molecular weight excluding hydrogens is 505 g/mol. The summed E-state index contributed by atoms with van der Waals surface area (Å²) in [6.45, 7) is 6.17. The first kappa shape index (κ1) is 25.6. The smallest absolute Gasteiger partial charge is 0.340 e. The Bertz CT molecular complexity index is 1650. The number of aliphatic hydroxyl groups excluding tert-OH is 2. The number of rotatable bonds is 1. The van der Waals surface area contributed by atoms with Gasteiger partial charge >= 0.3 is 5.97 Å². The molecule has 4 aliphatic rings. The molecule has 204 valence electrons. The Kier molecular flexibility index (Phi) is 5.89. The van der Waals surface area contributed by atoms with Crippen LogP contribution in [0.25, 0.3) is 22.3 Å². The normalized spacial score (nSPS) is 22.3. The highest BCUT2D eigenvalue weighted by atomic mass is 19.1. The van der Waals surface area contributed by atoms with E-state index in [2.05, 4.69) is 0 Å². The second kappa shape index (κ2) is 8.96. The van der Waals surface area contributed by atoms with Gasteiger partial charge in [0.1, 0.15) is 19.0 Å². The average Bonchev–Trinajstić information content (AvgIpc) is 3.53. The summed E-state index contributed by atoms with van der Waals surface area (Å²) >= 11 is 0. The number of benzene rings is 1. The van der Waals surface area contributed by atoms with Crippen molar-refractivity contribution in [2.45, 2.75) is 64.7 Å². The van der Waals surface area contributed by atoms with Crippen molar-refractivity contribution in [1.29, 1.82) is 0 Å². The maximum absolute atomic E-state index is 15.0. The van der Waals surface area contributed by atoms with Crippen molar-refractivity contribution in [3.05, 3.63) is 61.7 Å². The molecule has 3 aromatic rings. The lowest BCUT2D eigenvalue weighted by molar-refractivity contribution is -0.157. The van der Waals surface area contributed by atoms with Gasteiger partial charge in [0.25, 0.3) is 5.56 Å². The number of esters is 1. The van der Waals surface area contributed by atoms with Crippen molar-refractivity contribution in [3.8, 4) is 11.4 Å². The van der Waals surface area contributed by atoms with Gasteiger partial charge in [-0.1, -0.05) is 13.8 Å². The van der Waals surface area contributed by atoms with Crippen LogP contribution in [0, 0.1) is 12.7 Å². The van der Waals surface area contributed by atoms with Crippen molar-refractivity contribution in [3.63, 3.8) is 0 Å². The summed E-state index contributed by atoms with van der Waals surface area (Å²) < 4.78 is 21.6. The van der Waals surface area contributed by atoms with Gasteiger partial charge < -0.3 is 24.4 Å². The van der Waals surface area contributed by atoms with Gasteiger partial charge in [-0.2, -0.15) is 0 Å². The number of carbonyl (C=O) groups excluding carboxylic acids is 2. The number of fused-ring (bicyclic) bond motifs is 6. The van der Waals surface area contributed by atoms with E-state index < -0.39 is 24.1 Å². The number of pyridine rings is 2. The summed E-state index contributed by atoms with van der Waals surface area (Å²) in [6, 6.07) is 3.05. The molecule has 3 aliphatic heterocycles. The van der Waals surface area contributed by atoms with Gasteiger partial charge in [-0.15, -0.1) is 0 Å². The van der Waals surface area contributed by atoms with E-state index in [9.17, 15) is 24.6 Å². The molecule has 0 saturated carbocycles. The molecule has 39 heavy (non-hydrogen) atoms. The lowest BCUT2D eigenvalue weighted by Gasteiger charge is -2.37. The molecule has 1 saturated heterocycles. The molecule has 1 spiro atoms. The Morgan fingerprint density at radius 1 is 1.21 bits per heavy atom. The number of carbonyl (C=O) groups is 2. The van der Waals surface area contributed by atoms with E-state index in [4.69, 9.17) is 9.72 Å². The Morgan fingerprint density at radius 3 is 2.72 bits per heavy atom. The predicted molar refractivity (Wildman–Crippen MR) is 140 cm³/mol. The Labute approximate surface area is 223 Å². The number of amides is 1. The molecular formula is C29H30FN3O6. The van der Waals surface area contributed by atoms with Crippen LogP contribution >= 0.6 is 0 Å². The van der Waals surface area contributed by atoms with Crippen LogP contribution in [0.4, 0.5) is 4.39 Å². The second-order valence-corrected chi connectivity index (χ2v) is 10.5. The van der Waals surface area contributed by atoms with Crippen LogP contribution in [-0.2, 0) is 39.3 Å². The fourth-order valence-electron chi connectivity index (χ4n) is 6.91. The maximum Gasteiger partial charge on any atom is 0.340 e. The van der Waals surface area contributed by atoms with E-state index in [0.717, 1.165) is 22.1 Å². The number of halogens is 1. The van der Waals surface area contributed by atoms with E-state index in [-0.39, 0.29) is 41.6 Å². The Hall–Kier alpha value is -3.63. The average molecular weight is 536 g/mol. The zero-order valence-corrected chi connectivity index (χ0v) is 22.1. The standard InChI is InChI=1S/C27H24FN3O6.C2H6/c1-12-13-2-3-27(4-5-30(11-27)20(33)9-32)22-15-8-31-19(23(15)29-18(21(13)22)7-17(12)28)6-14-16(25(31)35)10-37-26(36)24(14)34;1-2/h6-7,24,32,34H,2-5,8-11H2,1H3;1-2H3. The molecule has 1 aliphatic carbocycles. The molecule has 1 fully saturated rings. The highest BCUT2D eigenvalue weighted by Gasteiger charge is 2.47. The van der Waals surface area contributed by atoms with Gasteiger partial charge in [0.2, 0.25) is 5.91 Å². The fourth-order valence-corrected chi connectivity index (χ4v) is 6.91. The number of likely N-dealkylation sites (tertiary alicyclic amines) is 1. The zero-order valence-electron chi connectivity index (χ0n) is 22.1. The quantitative estimate of drug-likeness (QED) is 0.359. The van der Waals surface area contributed by atoms with Gasteiger partial charge in [0.05, 0.1) is 29.0 Å². The van der Waals surface area contributed by atoms with Crippen molar-refractivity contribution >= 4 is 22.8 Å². The summed E-state index contributed by atoms with van der Waals surface area (Å²) in [5.41, 5.74) is 4.45. The molecule has 1 aromatic carbocycles. The largest absolute Gasteiger partial charge is 0.458 e. The minimum absolute atomic E-state index is 0.209. The zero-order chi connectivity index (χ0) is 27.8. The number of ether oxygens (including phenoxy) is 1. The van der Waals surface area contributed by atoms with Crippen molar-refractivity contribution < 1.29 is 28.9 Å². The molecule has 2 N–H and O–H groups in total. The van der Waals surface area contributed by atoms with Crippen LogP contribution in [0.5, 0.6) is 0 Å². The maximum atomic E-state index is 15.0. The molecule has 2 atom stereocenters. The van der Waals surface area contributed by atoms with E-state index in [1.165, 1.54) is 6.07 Å². The van der Waals surface area contributed by atoms with E-state index in [1.807, 2.05) is 13.8 Å². The van der Waals surface area contributed by atoms with Gasteiger partial charge in [-0.3, -0.25) is 9.59 Å². The van der Waals surface area contributed by atoms with Gasteiger partial charge in [0.15, 0.2) is 6.10 Å². The minimum Gasteiger partial charge on any atom is -0.458 e. The third kappa shape index (κ3) is 3.44. The molecule has 0 bridgehead atoms. The molecule has 2 aromatic heterocycles. The van der Waals surface area contributed by atoms with Crippen LogP contribution in [-0.4, -0.2) is 56.2 Å². The summed E-state index contributed by atoms with van der Waals surface area (Å²) in [5, 5.41) is 20.8. The molecule has 5 heterocycles. The first-order chi connectivity index (χ1) is 18.7. The van der Waals surface area contributed by atoms with Crippen LogP contribution in [0.3, 0.4) is 0 Å². The molecule has 0 radical (unpaired) electrons. The molecule has 10 heteroatoms. The van der Waals surface area contributed by atoms with E-state index in [1.54, 1.807) is 22.5 Å². The van der Waals surface area contributed by atoms with Gasteiger partial charge in [-0.05, 0) is 48.9 Å². The third-order valence-electron chi connectivity index (χ3n) is 8.80. The third-order valence-corrected chi connectivity index (χ3v) is 8.80. The van der Waals surface area contributed by atoms with Crippen LogP contribution in [0.15, 0.2) is 16.9 Å². The molecule has 1 amide bonds. The fraction of sp³-hybridized carbons (Fsp3) is 0.448. The Balaban J connectivity index is 0.00000135. The highest BCUT2D eigenvalue weighted by molar-refractivity contribution is 5.94. The van der Waals surface area contributed by atoms with Crippen molar-refractivity contribution in [2.75, 3.05) is 19.7 Å². The predicted octanol–water partition coefficient (Wildman–Crippen LogP) is 2.40. The molecule has 9 nitrogen and oxygen atoms in total. The number of hydrogen-bond acceptors (Lipinski definition) is 7. The topological polar surface area (TPSA) is 122 Å². The first-order valence-corrected chi connectivity index (χ1v) is 13.4. The lowest BCUT2D eigenvalue weighted by Crippen LogP contribution is -2.38. The number of cyclic esters (lactones) is 1.